The van der Waals surface area contributed by atoms with Gasteiger partial charge in [0.15, 0.2) is 5.13 Å². The van der Waals surface area contributed by atoms with Gasteiger partial charge in [0.2, 0.25) is 5.91 Å². The van der Waals surface area contributed by atoms with Crippen LogP contribution >= 0.6 is 11.3 Å². The van der Waals surface area contributed by atoms with Gasteiger partial charge in [0, 0.05) is 24.3 Å². The molecule has 0 aliphatic carbocycles. The zero-order valence-corrected chi connectivity index (χ0v) is 15.6. The van der Waals surface area contributed by atoms with Crippen molar-refractivity contribution in [2.24, 2.45) is 0 Å². The van der Waals surface area contributed by atoms with Gasteiger partial charge in [0.05, 0.1) is 35.5 Å². The van der Waals surface area contributed by atoms with Crippen LogP contribution in [-0.4, -0.2) is 42.4 Å². The Hall–Kier alpha value is -2.45. The average molecular weight is 372 g/mol. The van der Waals surface area contributed by atoms with Gasteiger partial charge in [-0.05, 0) is 32.0 Å². The Kier molecular flexibility index (Phi) is 4.60. The molecule has 1 aliphatic heterocycles. The van der Waals surface area contributed by atoms with E-state index in [1.54, 1.807) is 11.3 Å². The number of morpholine rings is 1. The van der Waals surface area contributed by atoms with Gasteiger partial charge in [0.1, 0.15) is 5.76 Å². The molecule has 0 atom stereocenters. The molecule has 2 aromatic heterocycles. The van der Waals surface area contributed by atoms with Crippen LogP contribution in [0, 0.1) is 13.8 Å². The van der Waals surface area contributed by atoms with Crippen LogP contribution < -0.4 is 10.2 Å². The minimum absolute atomic E-state index is 0.0864. The van der Waals surface area contributed by atoms with Gasteiger partial charge in [-0.2, -0.15) is 0 Å². The van der Waals surface area contributed by atoms with Crippen LogP contribution in [0.2, 0.25) is 0 Å². The van der Waals surface area contributed by atoms with Crippen molar-refractivity contribution in [3.63, 3.8) is 0 Å². The van der Waals surface area contributed by atoms with E-state index >= 15 is 0 Å². The Balaban J connectivity index is 1.49. The van der Waals surface area contributed by atoms with Crippen LogP contribution in [0.1, 0.15) is 17.0 Å². The lowest BCUT2D eigenvalue weighted by molar-refractivity contribution is -0.115. The molecule has 136 valence electrons. The third-order valence-electron chi connectivity index (χ3n) is 4.46. The molecule has 3 aromatic rings. The largest absolute Gasteiger partial charge is 0.378 e. The van der Waals surface area contributed by atoms with Crippen LogP contribution in [0.5, 0.6) is 0 Å². The van der Waals surface area contributed by atoms with E-state index in [1.165, 1.54) is 0 Å². The first-order valence-electron chi connectivity index (χ1n) is 8.55. The Morgan fingerprint density at radius 1 is 1.31 bits per heavy atom. The molecule has 7 nitrogen and oxygen atoms in total. The minimum atomic E-state index is -0.0864. The van der Waals surface area contributed by atoms with E-state index in [0.717, 1.165) is 58.6 Å². The molecule has 1 aromatic carbocycles. The molecule has 4 rings (SSSR count). The number of aromatic nitrogens is 2. The van der Waals surface area contributed by atoms with Crippen LogP contribution in [0.3, 0.4) is 0 Å². The van der Waals surface area contributed by atoms with Crippen molar-refractivity contribution in [1.29, 1.82) is 0 Å². The normalized spacial score (nSPS) is 14.8. The zero-order chi connectivity index (χ0) is 18.1. The number of anilines is 2. The van der Waals surface area contributed by atoms with Gasteiger partial charge < -0.3 is 19.5 Å². The third-order valence-corrected chi connectivity index (χ3v) is 5.54. The molecule has 8 heteroatoms. The average Bonchev–Trinajstić information content (AvgIpc) is 3.20. The van der Waals surface area contributed by atoms with Crippen LogP contribution in [-0.2, 0) is 16.0 Å². The van der Waals surface area contributed by atoms with Crippen molar-refractivity contribution < 1.29 is 14.1 Å². The number of nitrogens with one attached hydrogen (secondary N) is 1. The number of benzene rings is 1. The molecule has 0 spiro atoms. The number of hydrogen-bond acceptors (Lipinski definition) is 7. The Morgan fingerprint density at radius 3 is 2.85 bits per heavy atom. The molecule has 3 heterocycles. The van der Waals surface area contributed by atoms with E-state index in [-0.39, 0.29) is 12.3 Å². The summed E-state index contributed by atoms with van der Waals surface area (Å²) in [5.74, 6) is 0.599. The smallest absolute Gasteiger partial charge is 0.229 e. The molecule has 26 heavy (non-hydrogen) atoms. The second-order valence-electron chi connectivity index (χ2n) is 6.31. The van der Waals surface area contributed by atoms with Gasteiger partial charge in [-0.25, -0.2) is 4.98 Å². The van der Waals surface area contributed by atoms with Crippen molar-refractivity contribution in [1.82, 2.24) is 10.1 Å². The molecule has 1 N–H and O–H groups in total. The van der Waals surface area contributed by atoms with Crippen molar-refractivity contribution in [2.75, 3.05) is 36.5 Å². The number of carbonyl (C=O) groups is 1. The molecule has 1 amide bonds. The molecule has 1 aliphatic rings. The fourth-order valence-electron chi connectivity index (χ4n) is 3.00. The summed E-state index contributed by atoms with van der Waals surface area (Å²) in [5, 5.41) is 7.84. The summed E-state index contributed by atoms with van der Waals surface area (Å²) in [6.07, 6.45) is 0.251. The lowest BCUT2D eigenvalue weighted by atomic mass is 10.1. The maximum Gasteiger partial charge on any atom is 0.229 e. The molecule has 0 bridgehead atoms. The zero-order valence-electron chi connectivity index (χ0n) is 14.7. The summed E-state index contributed by atoms with van der Waals surface area (Å²) in [6, 6.07) is 5.81. The van der Waals surface area contributed by atoms with E-state index < -0.39 is 0 Å². The number of hydrogen-bond donors (Lipinski definition) is 1. The predicted octanol–water partition coefficient (Wildman–Crippen LogP) is 2.92. The molecular weight excluding hydrogens is 352 g/mol. The number of fused-ring (bicyclic) bond motifs is 1. The molecule has 0 saturated carbocycles. The standard InChI is InChI=1S/C18H20N4O3S/c1-11-14(12(2)25-21-11)10-17(23)19-13-3-4-15-16(9-13)26-18(20-15)22-5-7-24-8-6-22/h3-4,9H,5-8,10H2,1-2H3,(H,19,23). The van der Waals surface area contributed by atoms with Crippen molar-refractivity contribution in [3.05, 3.63) is 35.2 Å². The topological polar surface area (TPSA) is 80.5 Å². The predicted molar refractivity (Wildman–Crippen MR) is 101 cm³/mol. The first-order chi connectivity index (χ1) is 12.6. The first-order valence-corrected chi connectivity index (χ1v) is 9.36. The van der Waals surface area contributed by atoms with E-state index in [4.69, 9.17) is 14.2 Å². The molecule has 1 saturated heterocycles. The lowest BCUT2D eigenvalue weighted by Crippen LogP contribution is -2.36. The van der Waals surface area contributed by atoms with E-state index in [2.05, 4.69) is 15.4 Å². The summed E-state index contributed by atoms with van der Waals surface area (Å²) < 4.78 is 11.6. The molecule has 1 fully saturated rings. The van der Waals surface area contributed by atoms with Gasteiger partial charge in [-0.3, -0.25) is 4.79 Å². The van der Waals surface area contributed by atoms with E-state index in [9.17, 15) is 4.79 Å². The number of carbonyl (C=O) groups excluding carboxylic acids is 1. The molecule has 0 unspecified atom stereocenters. The van der Waals surface area contributed by atoms with Crippen molar-refractivity contribution in [2.45, 2.75) is 20.3 Å². The summed E-state index contributed by atoms with van der Waals surface area (Å²) >= 11 is 1.64. The maximum absolute atomic E-state index is 12.4. The summed E-state index contributed by atoms with van der Waals surface area (Å²) in [4.78, 5) is 19.3. The summed E-state index contributed by atoms with van der Waals surface area (Å²) in [7, 11) is 0. The van der Waals surface area contributed by atoms with Gasteiger partial charge in [-0.15, -0.1) is 0 Å². The van der Waals surface area contributed by atoms with Crippen molar-refractivity contribution >= 4 is 38.3 Å². The SMILES string of the molecule is Cc1noc(C)c1CC(=O)Nc1ccc2nc(N3CCOCC3)sc2c1. The number of ether oxygens (including phenoxy) is 1. The maximum atomic E-state index is 12.4. The number of rotatable bonds is 4. The van der Waals surface area contributed by atoms with Crippen molar-refractivity contribution in [3.8, 4) is 0 Å². The van der Waals surface area contributed by atoms with Gasteiger partial charge in [0.25, 0.3) is 0 Å². The highest BCUT2D eigenvalue weighted by atomic mass is 32.1. The van der Waals surface area contributed by atoms with E-state index in [1.807, 2.05) is 32.0 Å². The molecule has 0 radical (unpaired) electrons. The Bertz CT molecular complexity index is 924. The number of aryl methyl sites for hydroxylation is 2. The Labute approximate surface area is 154 Å². The number of thiazole rings is 1. The number of nitrogens with zero attached hydrogens (tertiary/aromatic N) is 3. The monoisotopic (exact) mass is 372 g/mol. The van der Waals surface area contributed by atoms with Gasteiger partial charge in [-0.1, -0.05) is 16.5 Å². The third kappa shape index (κ3) is 3.42. The quantitative estimate of drug-likeness (QED) is 0.758. The second kappa shape index (κ2) is 7.05. The highest BCUT2D eigenvalue weighted by molar-refractivity contribution is 7.22. The van der Waals surface area contributed by atoms with Gasteiger partial charge >= 0.3 is 0 Å². The lowest BCUT2D eigenvalue weighted by Gasteiger charge is -2.25. The minimum Gasteiger partial charge on any atom is -0.378 e. The highest BCUT2D eigenvalue weighted by Gasteiger charge is 2.17. The summed E-state index contributed by atoms with van der Waals surface area (Å²) in [5.41, 5.74) is 3.31. The van der Waals surface area contributed by atoms with Crippen LogP contribution in [0.15, 0.2) is 22.7 Å². The number of amides is 1. The fourth-order valence-corrected chi connectivity index (χ4v) is 4.06. The summed E-state index contributed by atoms with van der Waals surface area (Å²) in [6.45, 7) is 6.86. The fraction of sp³-hybridized carbons (Fsp3) is 0.389. The molecular formula is C18H20N4O3S. The van der Waals surface area contributed by atoms with Crippen LogP contribution in [0.4, 0.5) is 10.8 Å². The van der Waals surface area contributed by atoms with Crippen LogP contribution in [0.25, 0.3) is 10.2 Å². The Morgan fingerprint density at radius 2 is 2.12 bits per heavy atom. The van der Waals surface area contributed by atoms with E-state index in [0.29, 0.717) is 5.76 Å². The second-order valence-corrected chi connectivity index (χ2v) is 7.32. The highest BCUT2D eigenvalue weighted by Crippen LogP contribution is 2.31. The first kappa shape index (κ1) is 17.0.